The lowest BCUT2D eigenvalue weighted by atomic mass is 9.87. The van der Waals surface area contributed by atoms with Crippen molar-refractivity contribution in [2.75, 3.05) is 19.0 Å². The zero-order chi connectivity index (χ0) is 20.3. The topological polar surface area (TPSA) is 87.7 Å². The molecule has 1 heterocycles. The van der Waals surface area contributed by atoms with Gasteiger partial charge in [0.2, 0.25) is 5.91 Å². The monoisotopic (exact) mass is 401 g/mol. The van der Waals surface area contributed by atoms with Crippen molar-refractivity contribution < 1.29 is 19.1 Å². The van der Waals surface area contributed by atoms with Gasteiger partial charge in [-0.3, -0.25) is 14.5 Å². The molecule has 0 unspecified atom stereocenters. The van der Waals surface area contributed by atoms with E-state index >= 15 is 0 Å². The van der Waals surface area contributed by atoms with Crippen molar-refractivity contribution in [2.45, 2.75) is 18.9 Å². The van der Waals surface area contributed by atoms with E-state index in [0.717, 1.165) is 4.90 Å². The molecular formula is C20H20ClN3O4. The predicted octanol–water partition coefficient (Wildman–Crippen LogP) is 3.14. The Morgan fingerprint density at radius 1 is 1.21 bits per heavy atom. The Labute approximate surface area is 167 Å². The molecular weight excluding hydrogens is 382 g/mol. The Morgan fingerprint density at radius 2 is 1.93 bits per heavy atom. The fraction of sp³-hybridized carbons (Fsp3) is 0.250. The first-order valence-electron chi connectivity index (χ1n) is 8.73. The maximum atomic E-state index is 13.1. The predicted molar refractivity (Wildman–Crippen MR) is 105 cm³/mol. The molecule has 1 fully saturated rings. The van der Waals surface area contributed by atoms with Gasteiger partial charge in [-0.25, -0.2) is 4.79 Å². The molecule has 2 aromatic rings. The first-order chi connectivity index (χ1) is 13.4. The van der Waals surface area contributed by atoms with Gasteiger partial charge >= 0.3 is 6.03 Å². The van der Waals surface area contributed by atoms with Crippen LogP contribution in [-0.2, 0) is 15.1 Å². The number of hydrogen-bond acceptors (Lipinski definition) is 4. The Morgan fingerprint density at radius 3 is 2.54 bits per heavy atom. The van der Waals surface area contributed by atoms with Gasteiger partial charge in [0.15, 0.2) is 0 Å². The van der Waals surface area contributed by atoms with Gasteiger partial charge in [-0.2, -0.15) is 0 Å². The van der Waals surface area contributed by atoms with E-state index in [4.69, 9.17) is 16.3 Å². The van der Waals surface area contributed by atoms with Crippen molar-refractivity contribution >= 4 is 35.1 Å². The third-order valence-electron chi connectivity index (χ3n) is 4.70. The van der Waals surface area contributed by atoms with Crippen LogP contribution in [0.3, 0.4) is 0 Å². The molecule has 2 N–H and O–H groups in total. The van der Waals surface area contributed by atoms with Crippen LogP contribution in [0, 0.1) is 0 Å². The lowest BCUT2D eigenvalue weighted by Gasteiger charge is -2.26. The zero-order valence-electron chi connectivity index (χ0n) is 15.5. The Balaban J connectivity index is 1.78. The van der Waals surface area contributed by atoms with Crippen LogP contribution in [-0.4, -0.2) is 36.4 Å². The normalized spacial score (nSPS) is 18.8. The molecule has 0 saturated carbocycles. The first kappa shape index (κ1) is 19.7. The number of nitrogens with one attached hydrogen (secondary N) is 2. The molecule has 4 amide bonds. The summed E-state index contributed by atoms with van der Waals surface area (Å²) < 4.78 is 5.14. The highest BCUT2D eigenvalue weighted by molar-refractivity contribution is 6.30. The number of carbonyl (C=O) groups excluding carboxylic acids is 3. The number of halogens is 1. The van der Waals surface area contributed by atoms with Crippen molar-refractivity contribution in [1.82, 2.24) is 10.2 Å². The molecule has 3 rings (SSSR count). The standard InChI is InChI=1S/C20H20ClN3O4/c1-3-20(13-7-9-16(28-2)10-8-13)18(26)24(19(27)23-20)12-17(25)22-15-6-4-5-14(21)11-15/h4-11H,3,12H2,1-2H3,(H,22,25)(H,23,27)/t20-/m0/s1. The van der Waals surface area contributed by atoms with Crippen LogP contribution in [0.2, 0.25) is 5.02 Å². The van der Waals surface area contributed by atoms with Gasteiger partial charge < -0.3 is 15.4 Å². The summed E-state index contributed by atoms with van der Waals surface area (Å²) in [5.41, 5.74) is -0.0898. The number of urea groups is 1. The van der Waals surface area contributed by atoms with Crippen molar-refractivity contribution in [3.63, 3.8) is 0 Å². The van der Waals surface area contributed by atoms with Gasteiger partial charge in [0.25, 0.3) is 5.91 Å². The maximum absolute atomic E-state index is 13.1. The molecule has 0 bridgehead atoms. The average Bonchev–Trinajstić information content (AvgIpc) is 2.93. The number of nitrogens with zero attached hydrogens (tertiary/aromatic N) is 1. The van der Waals surface area contributed by atoms with Crippen molar-refractivity contribution in [1.29, 1.82) is 0 Å². The smallest absolute Gasteiger partial charge is 0.325 e. The van der Waals surface area contributed by atoms with Crippen LogP contribution in [0.4, 0.5) is 10.5 Å². The fourth-order valence-corrected chi connectivity index (χ4v) is 3.39. The Hall–Kier alpha value is -3.06. The number of anilines is 1. The molecule has 2 aromatic carbocycles. The average molecular weight is 402 g/mol. The van der Waals surface area contributed by atoms with Gasteiger partial charge in [-0.1, -0.05) is 36.7 Å². The molecule has 7 nitrogen and oxygen atoms in total. The lowest BCUT2D eigenvalue weighted by molar-refractivity contribution is -0.134. The lowest BCUT2D eigenvalue weighted by Crippen LogP contribution is -2.44. The summed E-state index contributed by atoms with van der Waals surface area (Å²) in [6.45, 7) is 1.41. The minimum atomic E-state index is -1.21. The summed E-state index contributed by atoms with van der Waals surface area (Å²) in [4.78, 5) is 38.8. The van der Waals surface area contributed by atoms with E-state index in [1.165, 1.54) is 0 Å². The summed E-state index contributed by atoms with van der Waals surface area (Å²) in [7, 11) is 1.55. The molecule has 1 saturated heterocycles. The molecule has 0 aliphatic carbocycles. The number of carbonyl (C=O) groups is 3. The summed E-state index contributed by atoms with van der Waals surface area (Å²) in [5, 5.41) is 5.85. The highest BCUT2D eigenvalue weighted by atomic mass is 35.5. The number of imide groups is 1. The highest BCUT2D eigenvalue weighted by Gasteiger charge is 2.51. The summed E-state index contributed by atoms with van der Waals surface area (Å²) >= 11 is 5.90. The summed E-state index contributed by atoms with van der Waals surface area (Å²) in [6.07, 6.45) is 0.344. The number of rotatable bonds is 6. The van der Waals surface area contributed by atoms with Gasteiger partial charge in [-0.15, -0.1) is 0 Å². The minimum Gasteiger partial charge on any atom is -0.497 e. The van der Waals surface area contributed by atoms with Crippen molar-refractivity contribution in [3.05, 3.63) is 59.1 Å². The Kier molecular flexibility index (Phi) is 5.56. The molecule has 8 heteroatoms. The molecule has 146 valence electrons. The van der Waals surface area contributed by atoms with E-state index in [0.29, 0.717) is 28.4 Å². The third-order valence-corrected chi connectivity index (χ3v) is 4.93. The second kappa shape index (κ2) is 7.90. The van der Waals surface area contributed by atoms with Crippen molar-refractivity contribution in [3.8, 4) is 5.75 Å². The minimum absolute atomic E-state index is 0.344. The Bertz CT molecular complexity index is 916. The molecule has 1 atom stereocenters. The maximum Gasteiger partial charge on any atom is 0.325 e. The van der Waals surface area contributed by atoms with Crippen LogP contribution in [0.5, 0.6) is 5.75 Å². The van der Waals surface area contributed by atoms with Gasteiger partial charge in [0.05, 0.1) is 7.11 Å². The molecule has 0 radical (unpaired) electrons. The van der Waals surface area contributed by atoms with Crippen LogP contribution in [0.15, 0.2) is 48.5 Å². The second-order valence-corrected chi connectivity index (χ2v) is 6.80. The van der Waals surface area contributed by atoms with E-state index in [-0.39, 0.29) is 0 Å². The number of hydrogen-bond donors (Lipinski definition) is 2. The van der Waals surface area contributed by atoms with E-state index in [1.807, 2.05) is 0 Å². The first-order valence-corrected chi connectivity index (χ1v) is 9.11. The summed E-state index contributed by atoms with van der Waals surface area (Å²) in [5.74, 6) is -0.316. The largest absolute Gasteiger partial charge is 0.497 e. The third kappa shape index (κ3) is 3.66. The molecule has 0 spiro atoms. The summed E-state index contributed by atoms with van der Waals surface area (Å²) in [6, 6.07) is 12.9. The molecule has 0 aromatic heterocycles. The second-order valence-electron chi connectivity index (χ2n) is 6.37. The number of methoxy groups -OCH3 is 1. The van der Waals surface area contributed by atoms with E-state index in [9.17, 15) is 14.4 Å². The fourth-order valence-electron chi connectivity index (χ4n) is 3.19. The molecule has 28 heavy (non-hydrogen) atoms. The number of benzene rings is 2. The SMILES string of the molecule is CC[C@@]1(c2ccc(OC)cc2)NC(=O)N(CC(=O)Nc2cccc(Cl)c2)C1=O. The van der Waals surface area contributed by atoms with Crippen LogP contribution < -0.4 is 15.4 Å². The van der Waals surface area contributed by atoms with Gasteiger partial charge in [0.1, 0.15) is 17.8 Å². The zero-order valence-corrected chi connectivity index (χ0v) is 16.2. The van der Waals surface area contributed by atoms with E-state index in [2.05, 4.69) is 10.6 Å². The van der Waals surface area contributed by atoms with E-state index in [1.54, 1.807) is 62.6 Å². The van der Waals surface area contributed by atoms with Crippen molar-refractivity contribution in [2.24, 2.45) is 0 Å². The molecule has 1 aliphatic heterocycles. The highest BCUT2D eigenvalue weighted by Crippen LogP contribution is 2.33. The molecule has 1 aliphatic rings. The van der Waals surface area contributed by atoms with E-state index < -0.39 is 29.9 Å². The van der Waals surface area contributed by atoms with Crippen LogP contribution in [0.1, 0.15) is 18.9 Å². The van der Waals surface area contributed by atoms with Crippen LogP contribution >= 0.6 is 11.6 Å². The van der Waals surface area contributed by atoms with Gasteiger partial charge in [0, 0.05) is 10.7 Å². The quantitative estimate of drug-likeness (QED) is 0.728. The number of ether oxygens (including phenoxy) is 1. The van der Waals surface area contributed by atoms with Gasteiger partial charge in [-0.05, 0) is 42.3 Å². The number of amides is 4. The van der Waals surface area contributed by atoms with Crippen LogP contribution in [0.25, 0.3) is 0 Å².